The predicted octanol–water partition coefficient (Wildman–Crippen LogP) is 4.59. The number of ether oxygens (including phenoxy) is 2. The summed E-state index contributed by atoms with van der Waals surface area (Å²) < 4.78 is 53.7. The molecule has 5 amide bonds. The number of imide groups is 2. The Morgan fingerprint density at radius 3 is 2.45 bits per heavy atom. The quantitative estimate of drug-likeness (QED) is 0.185. The van der Waals surface area contributed by atoms with Crippen molar-refractivity contribution < 1.29 is 46.6 Å². The molecule has 17 nitrogen and oxygen atoms in total. The Bertz CT molecular complexity index is 2680. The molecule has 9 rings (SSSR count). The molecule has 64 heavy (non-hydrogen) atoms. The normalized spacial score (nSPS) is 18.6. The van der Waals surface area contributed by atoms with Crippen LogP contribution in [0.2, 0.25) is 0 Å². The zero-order valence-corrected chi connectivity index (χ0v) is 34.4. The topological polar surface area (TPSA) is 194 Å². The number of anilines is 2. The van der Waals surface area contributed by atoms with Crippen LogP contribution in [0.4, 0.5) is 24.5 Å². The fourth-order valence-electron chi connectivity index (χ4n) is 8.31. The number of nitrogens with one attached hydrogen (secondary N) is 2. The third kappa shape index (κ3) is 8.65. The summed E-state index contributed by atoms with van der Waals surface area (Å²) >= 11 is 0. The van der Waals surface area contributed by atoms with Gasteiger partial charge in [-0.3, -0.25) is 44.1 Å². The molecule has 3 saturated heterocycles. The Morgan fingerprint density at radius 1 is 0.906 bits per heavy atom. The van der Waals surface area contributed by atoms with Gasteiger partial charge in [0.15, 0.2) is 0 Å². The molecule has 0 saturated carbocycles. The number of hydrogen-bond donors (Lipinski definition) is 2. The molecular formula is C44H41F3N10O7. The summed E-state index contributed by atoms with van der Waals surface area (Å²) in [4.78, 5) is 78.2. The van der Waals surface area contributed by atoms with Crippen molar-refractivity contribution in [2.24, 2.45) is 0 Å². The number of amides is 5. The first-order valence-corrected chi connectivity index (χ1v) is 20.7. The third-order valence-electron chi connectivity index (χ3n) is 11.7. The lowest BCUT2D eigenvalue weighted by atomic mass is 10.0. The molecule has 3 fully saturated rings. The van der Waals surface area contributed by atoms with Gasteiger partial charge >= 0.3 is 6.18 Å². The molecule has 4 aliphatic heterocycles. The number of likely N-dealkylation sites (tertiary alicyclic amines) is 1. The second-order valence-corrected chi connectivity index (χ2v) is 16.0. The Labute approximate surface area is 363 Å². The molecule has 0 bridgehead atoms. The summed E-state index contributed by atoms with van der Waals surface area (Å²) in [5.74, 6) is -2.53. The first kappa shape index (κ1) is 42.3. The van der Waals surface area contributed by atoms with Crippen molar-refractivity contribution in [1.29, 1.82) is 0 Å². The molecule has 2 N–H and O–H groups in total. The molecule has 2 aromatic carbocycles. The van der Waals surface area contributed by atoms with Crippen molar-refractivity contribution in [3.8, 4) is 22.7 Å². The minimum atomic E-state index is -4.59. The molecule has 7 heterocycles. The van der Waals surface area contributed by atoms with Crippen LogP contribution in [-0.2, 0) is 27.0 Å². The maximum Gasteiger partial charge on any atom is 0.416 e. The van der Waals surface area contributed by atoms with Crippen molar-refractivity contribution in [1.82, 2.24) is 40.1 Å². The van der Waals surface area contributed by atoms with Crippen LogP contribution in [0.1, 0.15) is 73.7 Å². The van der Waals surface area contributed by atoms with Gasteiger partial charge in [0, 0.05) is 67.7 Å². The average molecular weight is 879 g/mol. The van der Waals surface area contributed by atoms with E-state index in [0.717, 1.165) is 22.7 Å². The molecule has 1 unspecified atom stereocenters. The number of fused-ring (bicyclic) bond motifs is 1. The Morgan fingerprint density at radius 2 is 1.69 bits per heavy atom. The van der Waals surface area contributed by atoms with Crippen molar-refractivity contribution in [2.45, 2.75) is 57.5 Å². The Kier molecular flexibility index (Phi) is 11.4. The summed E-state index contributed by atoms with van der Waals surface area (Å²) in [5, 5.41) is 13.5. The number of rotatable bonds is 10. The van der Waals surface area contributed by atoms with Gasteiger partial charge in [-0.05, 0) is 74.7 Å². The molecule has 3 aromatic heterocycles. The fraction of sp³-hybridized carbons (Fsp3) is 0.341. The lowest BCUT2D eigenvalue weighted by molar-refractivity contribution is -0.138. The van der Waals surface area contributed by atoms with Gasteiger partial charge in [0.2, 0.25) is 17.7 Å². The smallest absolute Gasteiger partial charge is 0.416 e. The lowest BCUT2D eigenvalue weighted by Gasteiger charge is -2.34. The van der Waals surface area contributed by atoms with E-state index in [0.29, 0.717) is 98.5 Å². The van der Waals surface area contributed by atoms with Crippen LogP contribution in [0.15, 0.2) is 73.2 Å². The maximum atomic E-state index is 13.3. The molecule has 330 valence electrons. The monoisotopic (exact) mass is 878 g/mol. The number of nitrogens with zero attached hydrogens (tertiary/aromatic N) is 8. The van der Waals surface area contributed by atoms with Gasteiger partial charge < -0.3 is 19.7 Å². The van der Waals surface area contributed by atoms with E-state index in [1.165, 1.54) is 29.1 Å². The second kappa shape index (κ2) is 17.2. The summed E-state index contributed by atoms with van der Waals surface area (Å²) in [6.45, 7) is 6.03. The van der Waals surface area contributed by atoms with Crippen LogP contribution in [0.5, 0.6) is 5.88 Å². The van der Waals surface area contributed by atoms with Gasteiger partial charge in [0.1, 0.15) is 17.8 Å². The molecule has 0 spiro atoms. The van der Waals surface area contributed by atoms with Gasteiger partial charge in [0.05, 0.1) is 59.4 Å². The van der Waals surface area contributed by atoms with Crippen LogP contribution in [0, 0.1) is 6.92 Å². The number of hydrogen-bond acceptors (Lipinski definition) is 13. The predicted molar refractivity (Wildman–Crippen MR) is 222 cm³/mol. The summed E-state index contributed by atoms with van der Waals surface area (Å²) in [6, 6.07) is 11.6. The van der Waals surface area contributed by atoms with Crippen LogP contribution in [-0.4, -0.2) is 116 Å². The highest BCUT2D eigenvalue weighted by molar-refractivity contribution is 6.23. The molecule has 0 aliphatic carbocycles. The number of aromatic nitrogens is 5. The first-order valence-electron chi connectivity index (χ1n) is 20.7. The standard InChI is InChI=1S/C44H41F3N10O7/c1-25-34(19-29(22-48-25)50-39(59)26-3-2-4-28(17-26)44(45,46)47)27-18-37(55-13-15-63-16-14-55)41(49-21-27)64-32-9-11-54(12-10-32)23-30-24-56(53-52-30)31-5-6-33-35(20-31)43(62)57(42(33)61)36-7-8-38(58)51-40(36)60/h2-6,17-22,24,32,36H,7-16,23H2,1H3,(H,50,59)(H,51,58,60). The number of carbonyl (C=O) groups is 5. The first-order chi connectivity index (χ1) is 30.8. The number of halogens is 3. The Balaban J connectivity index is 0.845. The van der Waals surface area contributed by atoms with Crippen molar-refractivity contribution in [3.05, 3.63) is 107 Å². The number of morpholine rings is 1. The molecule has 5 aromatic rings. The highest BCUT2D eigenvalue weighted by Crippen LogP contribution is 2.36. The summed E-state index contributed by atoms with van der Waals surface area (Å²) in [5.41, 5.74) is 3.62. The van der Waals surface area contributed by atoms with E-state index in [1.807, 2.05) is 13.0 Å². The van der Waals surface area contributed by atoms with E-state index in [9.17, 15) is 37.1 Å². The Hall–Kier alpha value is -7.06. The van der Waals surface area contributed by atoms with Gasteiger partial charge in [-0.2, -0.15) is 13.2 Å². The SMILES string of the molecule is Cc1ncc(NC(=O)c2cccc(C(F)(F)F)c2)cc1-c1cnc(OC2CCN(Cc3cn(-c4ccc5c(c4)C(=O)N(C4CCC(=O)NC4=O)C5=O)nn3)CC2)c(N2CCOCC2)c1. The number of piperidine rings is 2. The zero-order valence-electron chi connectivity index (χ0n) is 34.4. The number of alkyl halides is 3. The minimum absolute atomic E-state index is 0.0334. The van der Waals surface area contributed by atoms with E-state index in [4.69, 9.17) is 14.5 Å². The van der Waals surface area contributed by atoms with E-state index >= 15 is 0 Å². The highest BCUT2D eigenvalue weighted by Gasteiger charge is 2.45. The van der Waals surface area contributed by atoms with E-state index in [2.05, 4.69) is 35.7 Å². The van der Waals surface area contributed by atoms with Crippen molar-refractivity contribution >= 4 is 40.9 Å². The zero-order chi connectivity index (χ0) is 44.7. The second-order valence-electron chi connectivity index (χ2n) is 16.0. The molecular weight excluding hydrogens is 838 g/mol. The van der Waals surface area contributed by atoms with E-state index in [1.54, 1.807) is 30.6 Å². The summed E-state index contributed by atoms with van der Waals surface area (Å²) in [7, 11) is 0. The van der Waals surface area contributed by atoms with Crippen LogP contribution >= 0.6 is 0 Å². The van der Waals surface area contributed by atoms with E-state index in [-0.39, 0.29) is 35.6 Å². The van der Waals surface area contributed by atoms with Crippen LogP contribution in [0.25, 0.3) is 16.8 Å². The number of pyridine rings is 2. The van der Waals surface area contributed by atoms with Crippen LogP contribution < -0.4 is 20.3 Å². The van der Waals surface area contributed by atoms with Gasteiger partial charge in [-0.15, -0.1) is 5.10 Å². The van der Waals surface area contributed by atoms with Crippen molar-refractivity contribution in [2.75, 3.05) is 49.6 Å². The van der Waals surface area contributed by atoms with Crippen LogP contribution in [0.3, 0.4) is 0 Å². The molecule has 1 atom stereocenters. The molecule has 20 heteroatoms. The third-order valence-corrected chi connectivity index (χ3v) is 11.7. The largest absolute Gasteiger partial charge is 0.473 e. The van der Waals surface area contributed by atoms with Gasteiger partial charge in [0.25, 0.3) is 17.7 Å². The lowest BCUT2D eigenvalue weighted by Crippen LogP contribution is -2.54. The number of aryl methyl sites for hydroxylation is 1. The minimum Gasteiger partial charge on any atom is -0.473 e. The number of carbonyl (C=O) groups excluding carboxylic acids is 5. The van der Waals surface area contributed by atoms with Crippen molar-refractivity contribution in [3.63, 3.8) is 0 Å². The molecule has 4 aliphatic rings. The molecule has 0 radical (unpaired) electrons. The van der Waals surface area contributed by atoms with Gasteiger partial charge in [-0.1, -0.05) is 11.3 Å². The fourth-order valence-corrected chi connectivity index (χ4v) is 8.31. The summed E-state index contributed by atoms with van der Waals surface area (Å²) in [6.07, 6.45) is 1.71. The van der Waals surface area contributed by atoms with Gasteiger partial charge in [-0.25, -0.2) is 9.67 Å². The average Bonchev–Trinajstić information content (AvgIpc) is 3.86. The maximum absolute atomic E-state index is 13.3. The van der Waals surface area contributed by atoms with E-state index < -0.39 is 47.3 Å². The number of benzene rings is 2. The highest BCUT2D eigenvalue weighted by atomic mass is 19.4.